The Morgan fingerprint density at radius 2 is 2.00 bits per heavy atom. The van der Waals surface area contributed by atoms with Gasteiger partial charge in [0.1, 0.15) is 0 Å². The van der Waals surface area contributed by atoms with Gasteiger partial charge in [0.05, 0.1) is 6.54 Å². The predicted octanol–water partition coefficient (Wildman–Crippen LogP) is 4.06. The molecular formula is C26H30N2O4. The summed E-state index contributed by atoms with van der Waals surface area (Å²) in [6, 6.07) is 14.2. The summed E-state index contributed by atoms with van der Waals surface area (Å²) >= 11 is 0. The third-order valence-corrected chi connectivity index (χ3v) is 7.14. The highest BCUT2D eigenvalue weighted by Gasteiger charge is 2.29. The smallest absolute Gasteiger partial charge is 0.254 e. The lowest BCUT2D eigenvalue weighted by Gasteiger charge is -2.26. The number of piperazine rings is 1. The van der Waals surface area contributed by atoms with Crippen LogP contribution in [-0.2, 0) is 4.79 Å². The van der Waals surface area contributed by atoms with Gasteiger partial charge in [-0.05, 0) is 67.2 Å². The van der Waals surface area contributed by atoms with Crippen molar-refractivity contribution in [2.75, 3.05) is 26.4 Å². The first-order chi connectivity index (χ1) is 15.6. The van der Waals surface area contributed by atoms with Crippen molar-refractivity contribution in [3.63, 3.8) is 0 Å². The third kappa shape index (κ3) is 4.18. The molecular weight excluding hydrogens is 404 g/mol. The molecule has 1 saturated heterocycles. The van der Waals surface area contributed by atoms with Crippen molar-refractivity contribution in [1.29, 1.82) is 0 Å². The van der Waals surface area contributed by atoms with Crippen molar-refractivity contribution in [2.24, 2.45) is 5.92 Å². The number of carbonyl (C=O) groups excluding carboxylic acids is 2. The number of fused-ring (bicyclic) bond motifs is 1. The van der Waals surface area contributed by atoms with Crippen molar-refractivity contribution in [3.05, 3.63) is 59.2 Å². The van der Waals surface area contributed by atoms with Crippen LogP contribution in [-0.4, -0.2) is 43.1 Å². The predicted molar refractivity (Wildman–Crippen MR) is 121 cm³/mol. The van der Waals surface area contributed by atoms with Crippen LogP contribution >= 0.6 is 0 Å². The molecule has 2 aliphatic heterocycles. The molecule has 32 heavy (non-hydrogen) atoms. The van der Waals surface area contributed by atoms with E-state index in [2.05, 4.69) is 36.5 Å². The zero-order valence-corrected chi connectivity index (χ0v) is 18.5. The fraction of sp³-hybridized carbons (Fsp3) is 0.462. The van der Waals surface area contributed by atoms with Gasteiger partial charge in [-0.3, -0.25) is 9.59 Å². The number of rotatable bonds is 5. The fourth-order valence-corrected chi connectivity index (χ4v) is 5.45. The summed E-state index contributed by atoms with van der Waals surface area (Å²) in [5.74, 6) is 3.27. The molecule has 2 heterocycles. The van der Waals surface area contributed by atoms with Crippen molar-refractivity contribution in [1.82, 2.24) is 10.2 Å². The Bertz CT molecular complexity index is 1000. The van der Waals surface area contributed by atoms with Crippen LogP contribution in [0.5, 0.6) is 11.5 Å². The molecule has 1 aliphatic carbocycles. The Balaban J connectivity index is 1.19. The summed E-state index contributed by atoms with van der Waals surface area (Å²) in [6.07, 6.45) is 4.73. The van der Waals surface area contributed by atoms with Gasteiger partial charge in [0.25, 0.3) is 5.91 Å². The lowest BCUT2D eigenvalue weighted by atomic mass is 9.87. The Hall–Kier alpha value is -3.02. The number of amides is 2. The van der Waals surface area contributed by atoms with Crippen molar-refractivity contribution < 1.29 is 19.1 Å². The molecule has 0 spiro atoms. The molecule has 6 nitrogen and oxygen atoms in total. The number of hydrogen-bond acceptors (Lipinski definition) is 4. The minimum absolute atomic E-state index is 0.0638. The van der Waals surface area contributed by atoms with Gasteiger partial charge in [-0.25, -0.2) is 0 Å². The van der Waals surface area contributed by atoms with E-state index in [1.807, 2.05) is 18.2 Å². The van der Waals surface area contributed by atoms with E-state index in [1.165, 1.54) is 30.4 Å². The molecule has 0 bridgehead atoms. The molecule has 5 rings (SSSR count). The summed E-state index contributed by atoms with van der Waals surface area (Å²) < 4.78 is 11.2. The second-order valence-electron chi connectivity index (χ2n) is 9.29. The van der Waals surface area contributed by atoms with Crippen LogP contribution in [0.4, 0.5) is 0 Å². The average molecular weight is 435 g/mol. The van der Waals surface area contributed by atoms with Gasteiger partial charge >= 0.3 is 0 Å². The molecule has 2 amide bonds. The van der Waals surface area contributed by atoms with Crippen LogP contribution in [0.2, 0.25) is 0 Å². The van der Waals surface area contributed by atoms with Gasteiger partial charge in [-0.2, -0.15) is 0 Å². The van der Waals surface area contributed by atoms with Crippen molar-refractivity contribution in [2.45, 2.75) is 44.4 Å². The van der Waals surface area contributed by atoms with Gasteiger partial charge in [-0.1, -0.05) is 31.2 Å². The molecule has 6 heteroatoms. The Labute approximate surface area is 188 Å². The Kier molecular flexibility index (Phi) is 5.77. The van der Waals surface area contributed by atoms with Crippen LogP contribution in [0.1, 0.15) is 65.9 Å². The zero-order chi connectivity index (χ0) is 22.1. The Morgan fingerprint density at radius 3 is 2.81 bits per heavy atom. The van der Waals surface area contributed by atoms with E-state index in [0.717, 1.165) is 17.9 Å². The van der Waals surface area contributed by atoms with Crippen LogP contribution < -0.4 is 14.8 Å². The summed E-state index contributed by atoms with van der Waals surface area (Å²) in [5.41, 5.74) is 3.22. The zero-order valence-electron chi connectivity index (χ0n) is 18.5. The fourth-order valence-electron chi connectivity index (χ4n) is 5.45. The number of nitrogens with one attached hydrogen (secondary N) is 1. The highest BCUT2D eigenvalue weighted by Crippen LogP contribution is 2.45. The van der Waals surface area contributed by atoms with E-state index < -0.39 is 0 Å². The minimum Gasteiger partial charge on any atom is -0.454 e. The summed E-state index contributed by atoms with van der Waals surface area (Å²) in [4.78, 5) is 25.9. The van der Waals surface area contributed by atoms with Crippen molar-refractivity contribution >= 4 is 11.8 Å². The van der Waals surface area contributed by atoms with Gasteiger partial charge in [0.15, 0.2) is 11.5 Å². The maximum atomic E-state index is 12.7. The molecule has 3 atom stereocenters. The van der Waals surface area contributed by atoms with E-state index in [-0.39, 0.29) is 18.4 Å². The molecule has 2 fully saturated rings. The quantitative estimate of drug-likeness (QED) is 0.771. The normalized spacial score (nSPS) is 23.2. The van der Waals surface area contributed by atoms with Crippen LogP contribution in [0.3, 0.4) is 0 Å². The largest absolute Gasteiger partial charge is 0.454 e. The van der Waals surface area contributed by atoms with Crippen LogP contribution in [0.15, 0.2) is 42.5 Å². The summed E-state index contributed by atoms with van der Waals surface area (Å²) in [5, 5.41) is 2.76. The average Bonchev–Trinajstić information content (AvgIpc) is 3.48. The second kappa shape index (κ2) is 8.85. The molecule has 2 aromatic carbocycles. The van der Waals surface area contributed by atoms with Gasteiger partial charge in [0.2, 0.25) is 12.7 Å². The van der Waals surface area contributed by atoms with Crippen LogP contribution in [0.25, 0.3) is 0 Å². The van der Waals surface area contributed by atoms with Gasteiger partial charge in [0, 0.05) is 24.2 Å². The summed E-state index contributed by atoms with van der Waals surface area (Å²) in [7, 11) is 0. The van der Waals surface area contributed by atoms with Crippen LogP contribution in [0, 0.1) is 5.92 Å². The molecule has 2 aromatic rings. The maximum Gasteiger partial charge on any atom is 0.254 e. The number of nitrogens with zero attached hydrogens (tertiary/aromatic N) is 1. The van der Waals surface area contributed by atoms with Gasteiger partial charge in [-0.15, -0.1) is 0 Å². The number of benzene rings is 2. The standard InChI is InChI=1S/C26H30N2O4/c1-17(22-3-2-4-23-25(22)32-16-31-23)13-18-5-6-21(14-18)19-7-9-20(10-8-19)26(30)28-12-11-27-24(29)15-28/h2-4,7-10,17-18,21H,5-6,11-16H2,1H3,(H,27,29)/t17-,18+,21+/m0/s1. The highest BCUT2D eigenvalue weighted by molar-refractivity contribution is 5.97. The first kappa shape index (κ1) is 20.9. The third-order valence-electron chi connectivity index (χ3n) is 7.14. The monoisotopic (exact) mass is 434 g/mol. The SMILES string of the molecule is C[C@@H](C[C@H]1CC[C@@H](c2ccc(C(=O)N3CCNC(=O)C3)cc2)C1)c1cccc2c1OCO2. The maximum absolute atomic E-state index is 12.7. The molecule has 0 unspecified atom stereocenters. The summed E-state index contributed by atoms with van der Waals surface area (Å²) in [6.45, 7) is 3.83. The first-order valence-corrected chi connectivity index (χ1v) is 11.6. The number of carbonyl (C=O) groups is 2. The first-order valence-electron chi connectivity index (χ1n) is 11.6. The molecule has 1 N–H and O–H groups in total. The molecule has 3 aliphatic rings. The highest BCUT2D eigenvalue weighted by atomic mass is 16.7. The Morgan fingerprint density at radius 1 is 1.16 bits per heavy atom. The van der Waals surface area contributed by atoms with E-state index in [4.69, 9.17) is 9.47 Å². The second-order valence-corrected chi connectivity index (χ2v) is 9.29. The number of ether oxygens (including phenoxy) is 2. The van der Waals surface area contributed by atoms with E-state index >= 15 is 0 Å². The minimum atomic E-state index is -0.0907. The van der Waals surface area contributed by atoms with E-state index in [1.54, 1.807) is 4.90 Å². The van der Waals surface area contributed by atoms with E-state index in [0.29, 0.717) is 43.2 Å². The lowest BCUT2D eigenvalue weighted by Crippen LogP contribution is -2.49. The van der Waals surface area contributed by atoms with Crippen molar-refractivity contribution in [3.8, 4) is 11.5 Å². The topological polar surface area (TPSA) is 67.9 Å². The molecule has 0 aromatic heterocycles. The molecule has 168 valence electrons. The molecule has 1 saturated carbocycles. The number of para-hydroxylation sites is 1. The van der Waals surface area contributed by atoms with Gasteiger partial charge < -0.3 is 19.7 Å². The molecule has 0 radical (unpaired) electrons. The van der Waals surface area contributed by atoms with E-state index in [9.17, 15) is 9.59 Å². The number of hydrogen-bond donors (Lipinski definition) is 1. The lowest BCUT2D eigenvalue weighted by molar-refractivity contribution is -0.123.